The summed E-state index contributed by atoms with van der Waals surface area (Å²) >= 11 is 0. The van der Waals surface area contributed by atoms with Gasteiger partial charge in [-0.25, -0.2) is 0 Å². The molecule has 3 rings (SSSR count). The van der Waals surface area contributed by atoms with Crippen LogP contribution in [0.5, 0.6) is 11.5 Å². The summed E-state index contributed by atoms with van der Waals surface area (Å²) in [4.78, 5) is 0. The van der Waals surface area contributed by atoms with Gasteiger partial charge in [-0.1, -0.05) is 24.6 Å². The summed E-state index contributed by atoms with van der Waals surface area (Å²) in [6.07, 6.45) is 6.21. The summed E-state index contributed by atoms with van der Waals surface area (Å²) in [5.74, 6) is 1.75. The minimum absolute atomic E-state index is 0.327. The average Bonchev–Trinajstić information content (AvgIpc) is 3.03. The fourth-order valence-corrected chi connectivity index (χ4v) is 3.52. The molecule has 1 aliphatic carbocycles. The van der Waals surface area contributed by atoms with E-state index in [9.17, 15) is 0 Å². The van der Waals surface area contributed by atoms with Crippen LogP contribution in [0.3, 0.4) is 0 Å². The van der Waals surface area contributed by atoms with Crippen molar-refractivity contribution in [3.05, 3.63) is 35.4 Å². The number of methoxy groups -OCH3 is 2. The maximum atomic E-state index is 5.79. The second kappa shape index (κ2) is 6.93. The Bertz CT molecular complexity index is 573. The Morgan fingerprint density at radius 1 is 1.13 bits per heavy atom. The van der Waals surface area contributed by atoms with Crippen LogP contribution >= 0.6 is 0 Å². The first-order valence-electron chi connectivity index (χ1n) is 8.33. The minimum Gasteiger partial charge on any atom is -0.493 e. The Morgan fingerprint density at radius 2 is 1.87 bits per heavy atom. The van der Waals surface area contributed by atoms with E-state index in [2.05, 4.69) is 25.1 Å². The Kier molecular flexibility index (Phi) is 4.93. The summed E-state index contributed by atoms with van der Waals surface area (Å²) in [5, 5.41) is 0. The lowest BCUT2D eigenvalue weighted by atomic mass is 9.84. The zero-order valence-electron chi connectivity index (χ0n) is 14.3. The SMILES string of the molecule is COc1ccc(CC(C)C2=CCC3(CC2)OCCO3)cc1OC. The van der Waals surface area contributed by atoms with Crippen molar-refractivity contribution in [1.82, 2.24) is 0 Å². The van der Waals surface area contributed by atoms with Gasteiger partial charge in [-0.3, -0.25) is 0 Å². The van der Waals surface area contributed by atoms with Crippen molar-refractivity contribution >= 4 is 0 Å². The molecule has 0 radical (unpaired) electrons. The van der Waals surface area contributed by atoms with E-state index in [1.54, 1.807) is 14.2 Å². The number of rotatable bonds is 5. The van der Waals surface area contributed by atoms with Crippen molar-refractivity contribution in [1.29, 1.82) is 0 Å². The van der Waals surface area contributed by atoms with Gasteiger partial charge in [0.1, 0.15) is 0 Å². The average molecular weight is 318 g/mol. The Morgan fingerprint density at radius 3 is 2.48 bits per heavy atom. The lowest BCUT2D eigenvalue weighted by Crippen LogP contribution is -2.32. The quantitative estimate of drug-likeness (QED) is 0.775. The fourth-order valence-electron chi connectivity index (χ4n) is 3.52. The van der Waals surface area contributed by atoms with Crippen molar-refractivity contribution in [3.63, 3.8) is 0 Å². The molecule has 23 heavy (non-hydrogen) atoms. The molecule has 0 amide bonds. The zero-order valence-corrected chi connectivity index (χ0v) is 14.3. The third-order valence-electron chi connectivity index (χ3n) is 4.91. The van der Waals surface area contributed by atoms with Crippen LogP contribution in [0, 0.1) is 5.92 Å². The molecule has 1 fully saturated rings. The van der Waals surface area contributed by atoms with E-state index in [-0.39, 0.29) is 5.79 Å². The highest BCUT2D eigenvalue weighted by Crippen LogP contribution is 2.38. The molecule has 1 atom stereocenters. The van der Waals surface area contributed by atoms with Crippen LogP contribution in [0.25, 0.3) is 0 Å². The van der Waals surface area contributed by atoms with E-state index in [0.29, 0.717) is 5.92 Å². The van der Waals surface area contributed by atoms with Gasteiger partial charge in [-0.05, 0) is 36.5 Å². The van der Waals surface area contributed by atoms with Crippen LogP contribution in [0.15, 0.2) is 29.8 Å². The molecule has 0 bridgehead atoms. The molecule has 0 N–H and O–H groups in total. The minimum atomic E-state index is -0.327. The molecule has 126 valence electrons. The van der Waals surface area contributed by atoms with Gasteiger partial charge in [0.25, 0.3) is 0 Å². The number of allylic oxidation sites excluding steroid dienone is 1. The van der Waals surface area contributed by atoms with E-state index in [0.717, 1.165) is 50.4 Å². The Hall–Kier alpha value is -1.52. The van der Waals surface area contributed by atoms with Crippen molar-refractivity contribution < 1.29 is 18.9 Å². The fraction of sp³-hybridized carbons (Fsp3) is 0.579. The predicted octanol–water partition coefficient (Wildman–Crippen LogP) is 3.74. The van der Waals surface area contributed by atoms with Gasteiger partial charge in [-0.15, -0.1) is 0 Å². The molecular weight excluding hydrogens is 292 g/mol. The second-order valence-corrected chi connectivity index (χ2v) is 6.39. The normalized spacial score (nSPS) is 21.1. The highest BCUT2D eigenvalue weighted by molar-refractivity contribution is 5.43. The summed E-state index contributed by atoms with van der Waals surface area (Å²) in [7, 11) is 3.34. The standard InChI is InChI=1S/C19H26O4/c1-14(12-15-4-5-17(20-2)18(13-15)21-3)16-6-8-19(9-7-16)22-10-11-23-19/h4-6,13-14H,7-12H2,1-3H3. The molecule has 1 aromatic rings. The van der Waals surface area contributed by atoms with Crippen LogP contribution in [0.1, 0.15) is 31.7 Å². The van der Waals surface area contributed by atoms with E-state index in [4.69, 9.17) is 18.9 Å². The maximum absolute atomic E-state index is 5.79. The predicted molar refractivity (Wildman–Crippen MR) is 89.0 cm³/mol. The molecule has 1 unspecified atom stereocenters. The van der Waals surface area contributed by atoms with E-state index >= 15 is 0 Å². The Labute approximate surface area is 138 Å². The monoisotopic (exact) mass is 318 g/mol. The van der Waals surface area contributed by atoms with Crippen LogP contribution in [-0.4, -0.2) is 33.2 Å². The molecule has 0 aromatic heterocycles. The van der Waals surface area contributed by atoms with E-state index in [1.165, 1.54) is 11.1 Å². The number of benzene rings is 1. The maximum Gasteiger partial charge on any atom is 0.172 e. The number of hydrogen-bond acceptors (Lipinski definition) is 4. The van der Waals surface area contributed by atoms with Crippen LogP contribution in [0.4, 0.5) is 0 Å². The molecule has 1 saturated heterocycles. The largest absolute Gasteiger partial charge is 0.493 e. The van der Waals surface area contributed by atoms with Gasteiger partial charge in [-0.2, -0.15) is 0 Å². The molecule has 1 aliphatic heterocycles. The zero-order chi connectivity index (χ0) is 16.3. The molecule has 0 saturated carbocycles. The molecule has 1 aromatic carbocycles. The topological polar surface area (TPSA) is 36.9 Å². The third kappa shape index (κ3) is 3.54. The van der Waals surface area contributed by atoms with Gasteiger partial charge < -0.3 is 18.9 Å². The summed E-state index contributed by atoms with van der Waals surface area (Å²) in [6, 6.07) is 6.17. The smallest absolute Gasteiger partial charge is 0.172 e. The number of hydrogen-bond donors (Lipinski definition) is 0. The lowest BCUT2D eigenvalue weighted by Gasteiger charge is -2.32. The first kappa shape index (κ1) is 16.3. The Balaban J connectivity index is 1.65. The summed E-state index contributed by atoms with van der Waals surface area (Å²) < 4.78 is 22.3. The molecule has 4 nitrogen and oxygen atoms in total. The van der Waals surface area contributed by atoms with Gasteiger partial charge in [0.15, 0.2) is 17.3 Å². The van der Waals surface area contributed by atoms with Crippen LogP contribution in [-0.2, 0) is 15.9 Å². The van der Waals surface area contributed by atoms with Gasteiger partial charge >= 0.3 is 0 Å². The lowest BCUT2D eigenvalue weighted by molar-refractivity contribution is -0.161. The molecular formula is C19H26O4. The van der Waals surface area contributed by atoms with E-state index < -0.39 is 0 Å². The second-order valence-electron chi connectivity index (χ2n) is 6.39. The van der Waals surface area contributed by atoms with Gasteiger partial charge in [0.05, 0.1) is 27.4 Å². The highest BCUT2D eigenvalue weighted by atomic mass is 16.7. The van der Waals surface area contributed by atoms with Crippen LogP contribution < -0.4 is 9.47 Å². The molecule has 1 spiro atoms. The summed E-state index contributed by atoms with van der Waals surface area (Å²) in [6.45, 7) is 3.74. The third-order valence-corrected chi connectivity index (χ3v) is 4.91. The van der Waals surface area contributed by atoms with Crippen molar-refractivity contribution in [2.24, 2.45) is 5.92 Å². The first-order chi connectivity index (χ1) is 11.2. The van der Waals surface area contributed by atoms with Crippen molar-refractivity contribution in [2.75, 3.05) is 27.4 Å². The first-order valence-corrected chi connectivity index (χ1v) is 8.33. The van der Waals surface area contributed by atoms with E-state index in [1.807, 2.05) is 6.07 Å². The molecule has 2 aliphatic rings. The molecule has 1 heterocycles. The van der Waals surface area contributed by atoms with Gasteiger partial charge in [0, 0.05) is 12.8 Å². The summed E-state index contributed by atoms with van der Waals surface area (Å²) in [5.41, 5.74) is 2.77. The van der Waals surface area contributed by atoms with Crippen molar-refractivity contribution in [3.8, 4) is 11.5 Å². The molecule has 4 heteroatoms. The van der Waals surface area contributed by atoms with Gasteiger partial charge in [0.2, 0.25) is 0 Å². The number of ether oxygens (including phenoxy) is 4. The van der Waals surface area contributed by atoms with Crippen molar-refractivity contribution in [2.45, 2.75) is 38.4 Å². The van der Waals surface area contributed by atoms with Crippen LogP contribution in [0.2, 0.25) is 0 Å². The highest BCUT2D eigenvalue weighted by Gasteiger charge is 2.38.